The van der Waals surface area contributed by atoms with E-state index in [0.29, 0.717) is 5.56 Å². The van der Waals surface area contributed by atoms with E-state index < -0.39 is 36.7 Å². The highest BCUT2D eigenvalue weighted by atomic mass is 16.7. The Hall–Kier alpha value is -2.65. The summed E-state index contributed by atoms with van der Waals surface area (Å²) in [5, 5.41) is 40.0. The van der Waals surface area contributed by atoms with Gasteiger partial charge in [-0.05, 0) is 24.3 Å². The predicted octanol–water partition coefficient (Wildman–Crippen LogP) is 0.436. The van der Waals surface area contributed by atoms with Gasteiger partial charge in [-0.15, -0.1) is 0 Å². The number of phenols is 1. The number of aliphatic hydroxyl groups is 3. The summed E-state index contributed by atoms with van der Waals surface area (Å²) in [6.45, 7) is -0.362. The average Bonchev–Trinajstić information content (AvgIpc) is 2.69. The van der Waals surface area contributed by atoms with Crippen molar-refractivity contribution in [1.82, 2.24) is 0 Å². The number of aliphatic hydroxyl groups excluding tert-OH is 3. The maximum atomic E-state index is 12.0. The van der Waals surface area contributed by atoms with E-state index in [-0.39, 0.29) is 18.1 Å². The Bertz CT molecular complexity index is 765. The number of hydrogen-bond acceptors (Lipinski definition) is 8. The maximum Gasteiger partial charge on any atom is 0.338 e. The van der Waals surface area contributed by atoms with Crippen LogP contribution in [-0.4, -0.2) is 63.7 Å². The Morgan fingerprint density at radius 2 is 1.59 bits per heavy atom. The Labute approximate surface area is 155 Å². The minimum atomic E-state index is -1.59. The Kier molecular flexibility index (Phi) is 5.92. The van der Waals surface area contributed by atoms with Gasteiger partial charge in [-0.2, -0.15) is 0 Å². The van der Waals surface area contributed by atoms with Crippen molar-refractivity contribution < 1.29 is 39.4 Å². The van der Waals surface area contributed by atoms with E-state index in [2.05, 4.69) is 0 Å². The van der Waals surface area contributed by atoms with Gasteiger partial charge in [-0.25, -0.2) is 4.79 Å². The lowest BCUT2D eigenvalue weighted by molar-refractivity contribution is -0.277. The summed E-state index contributed by atoms with van der Waals surface area (Å²) >= 11 is 0. The third kappa shape index (κ3) is 4.37. The number of rotatable bonds is 5. The highest BCUT2D eigenvalue weighted by Crippen LogP contribution is 2.30. The minimum Gasteiger partial charge on any atom is -0.504 e. The Morgan fingerprint density at radius 3 is 2.30 bits per heavy atom. The van der Waals surface area contributed by atoms with E-state index in [9.17, 15) is 25.2 Å². The average molecular weight is 376 g/mol. The van der Waals surface area contributed by atoms with Gasteiger partial charge in [0.25, 0.3) is 0 Å². The van der Waals surface area contributed by atoms with Crippen LogP contribution in [0.4, 0.5) is 0 Å². The zero-order valence-corrected chi connectivity index (χ0v) is 14.2. The topological polar surface area (TPSA) is 126 Å². The zero-order chi connectivity index (χ0) is 19.4. The van der Waals surface area contributed by atoms with Crippen molar-refractivity contribution >= 4 is 5.97 Å². The van der Waals surface area contributed by atoms with Crippen molar-refractivity contribution in [3.05, 3.63) is 60.2 Å². The summed E-state index contributed by atoms with van der Waals surface area (Å²) in [5.74, 6) is -0.767. The molecule has 1 heterocycles. The molecule has 1 saturated heterocycles. The largest absolute Gasteiger partial charge is 0.504 e. The van der Waals surface area contributed by atoms with Crippen LogP contribution in [0.15, 0.2) is 54.6 Å². The van der Waals surface area contributed by atoms with Crippen molar-refractivity contribution in [3.8, 4) is 11.5 Å². The standard InChI is InChI=1S/C19H20O8/c20-12-8-4-5-9-13(12)26-19-17(23)16(22)15(21)14(27-19)10-25-18(24)11-6-2-1-3-7-11/h1-9,14-17,19-23H,10H2/t14-,15-,16+,17-,19-/m1/s1. The zero-order valence-electron chi connectivity index (χ0n) is 14.2. The molecule has 5 atom stereocenters. The lowest BCUT2D eigenvalue weighted by atomic mass is 9.99. The van der Waals surface area contributed by atoms with Crippen molar-refractivity contribution in [2.45, 2.75) is 30.7 Å². The van der Waals surface area contributed by atoms with Gasteiger partial charge in [-0.1, -0.05) is 30.3 Å². The number of phenolic OH excluding ortho intramolecular Hbond substituents is 1. The minimum absolute atomic E-state index is 0.0326. The molecule has 1 fully saturated rings. The number of esters is 1. The van der Waals surface area contributed by atoms with Crippen LogP contribution in [0.3, 0.4) is 0 Å². The maximum absolute atomic E-state index is 12.0. The molecule has 0 radical (unpaired) electrons. The van der Waals surface area contributed by atoms with Gasteiger partial charge in [0.1, 0.15) is 31.0 Å². The highest BCUT2D eigenvalue weighted by molar-refractivity contribution is 5.89. The van der Waals surface area contributed by atoms with Crippen LogP contribution in [-0.2, 0) is 9.47 Å². The molecule has 2 aromatic carbocycles. The lowest BCUT2D eigenvalue weighted by Gasteiger charge is -2.39. The molecule has 8 nitrogen and oxygen atoms in total. The predicted molar refractivity (Wildman–Crippen MR) is 92.1 cm³/mol. The first kappa shape index (κ1) is 19.1. The first-order valence-corrected chi connectivity index (χ1v) is 8.34. The van der Waals surface area contributed by atoms with E-state index >= 15 is 0 Å². The van der Waals surface area contributed by atoms with E-state index in [0.717, 1.165) is 0 Å². The molecule has 8 heteroatoms. The van der Waals surface area contributed by atoms with Crippen LogP contribution in [0.25, 0.3) is 0 Å². The second kappa shape index (κ2) is 8.36. The number of carbonyl (C=O) groups is 1. The van der Waals surface area contributed by atoms with E-state index in [1.165, 1.54) is 12.1 Å². The summed E-state index contributed by atoms with van der Waals surface area (Å²) in [7, 11) is 0. The van der Waals surface area contributed by atoms with Gasteiger partial charge in [0, 0.05) is 0 Å². The lowest BCUT2D eigenvalue weighted by Crippen LogP contribution is -2.60. The smallest absolute Gasteiger partial charge is 0.338 e. The molecule has 0 unspecified atom stereocenters. The number of ether oxygens (including phenoxy) is 3. The second-order valence-corrected chi connectivity index (χ2v) is 6.06. The molecule has 0 amide bonds. The summed E-state index contributed by atoms with van der Waals surface area (Å²) in [6, 6.07) is 14.3. The first-order chi connectivity index (χ1) is 13.0. The summed E-state index contributed by atoms with van der Waals surface area (Å²) < 4.78 is 16.0. The van der Waals surface area contributed by atoms with E-state index in [1.54, 1.807) is 42.5 Å². The Balaban J connectivity index is 1.66. The number of benzene rings is 2. The van der Waals surface area contributed by atoms with Crippen LogP contribution in [0.5, 0.6) is 11.5 Å². The highest BCUT2D eigenvalue weighted by Gasteiger charge is 2.45. The monoisotopic (exact) mass is 376 g/mol. The molecule has 0 aliphatic carbocycles. The van der Waals surface area contributed by atoms with E-state index in [4.69, 9.17) is 14.2 Å². The van der Waals surface area contributed by atoms with E-state index in [1.807, 2.05) is 0 Å². The van der Waals surface area contributed by atoms with Crippen LogP contribution in [0, 0.1) is 0 Å². The van der Waals surface area contributed by atoms with Crippen molar-refractivity contribution in [3.63, 3.8) is 0 Å². The van der Waals surface area contributed by atoms with Gasteiger partial charge < -0.3 is 34.6 Å². The molecule has 0 spiro atoms. The van der Waals surface area contributed by atoms with Crippen molar-refractivity contribution in [2.75, 3.05) is 6.61 Å². The molecule has 0 saturated carbocycles. The molecular formula is C19H20O8. The molecule has 3 rings (SSSR count). The Morgan fingerprint density at radius 1 is 0.926 bits per heavy atom. The molecule has 0 aromatic heterocycles. The summed E-state index contributed by atoms with van der Waals surface area (Å²) in [4.78, 5) is 12.0. The van der Waals surface area contributed by atoms with Crippen LogP contribution in [0.2, 0.25) is 0 Å². The SMILES string of the molecule is O=C(OC[C@H]1O[C@@H](Oc2ccccc2O)[C@H](O)[C@@H](O)[C@@H]1O)c1ccccc1. The van der Waals surface area contributed by atoms with Gasteiger partial charge >= 0.3 is 5.97 Å². The molecule has 144 valence electrons. The van der Waals surface area contributed by atoms with Gasteiger partial charge in [0.05, 0.1) is 5.56 Å². The molecule has 0 bridgehead atoms. The fourth-order valence-electron chi connectivity index (χ4n) is 2.65. The molecular weight excluding hydrogens is 356 g/mol. The van der Waals surface area contributed by atoms with Crippen molar-refractivity contribution in [2.24, 2.45) is 0 Å². The third-order valence-electron chi connectivity index (χ3n) is 4.17. The second-order valence-electron chi connectivity index (χ2n) is 6.06. The summed E-state index contributed by atoms with van der Waals surface area (Å²) in [6.07, 6.45) is -7.16. The molecule has 4 N–H and O–H groups in total. The number of aromatic hydroxyl groups is 1. The number of hydrogen-bond donors (Lipinski definition) is 4. The third-order valence-corrected chi connectivity index (χ3v) is 4.17. The quantitative estimate of drug-likeness (QED) is 0.554. The van der Waals surface area contributed by atoms with Crippen LogP contribution in [0.1, 0.15) is 10.4 Å². The van der Waals surface area contributed by atoms with Gasteiger partial charge in [-0.3, -0.25) is 0 Å². The fraction of sp³-hybridized carbons (Fsp3) is 0.316. The number of carbonyl (C=O) groups excluding carboxylic acids is 1. The van der Waals surface area contributed by atoms with Gasteiger partial charge in [0.15, 0.2) is 11.5 Å². The first-order valence-electron chi connectivity index (χ1n) is 8.34. The van der Waals surface area contributed by atoms with Gasteiger partial charge in [0.2, 0.25) is 6.29 Å². The van der Waals surface area contributed by atoms with Crippen LogP contribution < -0.4 is 4.74 Å². The molecule has 1 aliphatic rings. The van der Waals surface area contributed by atoms with Crippen molar-refractivity contribution in [1.29, 1.82) is 0 Å². The summed E-state index contributed by atoms with van der Waals surface area (Å²) in [5.41, 5.74) is 0.324. The normalized spacial score (nSPS) is 27.7. The van der Waals surface area contributed by atoms with Crippen LogP contribution >= 0.6 is 0 Å². The molecule has 2 aromatic rings. The molecule has 1 aliphatic heterocycles. The molecule has 27 heavy (non-hydrogen) atoms. The fourth-order valence-corrected chi connectivity index (χ4v) is 2.65. The number of para-hydroxylation sites is 2.